The van der Waals surface area contributed by atoms with E-state index in [1.165, 1.54) is 0 Å². The molecule has 0 atom stereocenters. The molecule has 0 aliphatic carbocycles. The number of hydrogen-bond acceptors (Lipinski definition) is 4. The lowest BCUT2D eigenvalue weighted by Gasteiger charge is -2.23. The van der Waals surface area contributed by atoms with Gasteiger partial charge < -0.3 is 14.4 Å². The van der Waals surface area contributed by atoms with Crippen LogP contribution < -0.4 is 4.90 Å². The third kappa shape index (κ3) is 3.85. The van der Waals surface area contributed by atoms with Crippen LogP contribution in [-0.4, -0.2) is 17.1 Å². The minimum absolute atomic E-state index is 0.0201. The van der Waals surface area contributed by atoms with Crippen molar-refractivity contribution in [3.05, 3.63) is 47.0 Å². The fourth-order valence-corrected chi connectivity index (χ4v) is 2.13. The first-order valence-electron chi connectivity index (χ1n) is 7.18. The van der Waals surface area contributed by atoms with Crippen LogP contribution >= 0.6 is 0 Å². The third-order valence-corrected chi connectivity index (χ3v) is 3.40. The number of aryl methyl sites for hydroxylation is 1. The van der Waals surface area contributed by atoms with Crippen LogP contribution in [0.4, 0.5) is 5.82 Å². The normalized spacial score (nSPS) is 11.7. The lowest BCUT2D eigenvalue weighted by molar-refractivity contribution is 0.281. The van der Waals surface area contributed by atoms with Gasteiger partial charge >= 0.3 is 0 Å². The zero-order valence-corrected chi connectivity index (χ0v) is 13.5. The minimum Gasteiger partial charge on any atom is -0.464 e. The number of furan rings is 1. The van der Waals surface area contributed by atoms with Crippen LogP contribution in [-0.2, 0) is 18.6 Å². The van der Waals surface area contributed by atoms with Crippen molar-refractivity contribution in [2.75, 3.05) is 11.9 Å². The number of aliphatic hydroxyl groups is 1. The molecule has 114 valence electrons. The monoisotopic (exact) mass is 288 g/mol. The fourth-order valence-electron chi connectivity index (χ4n) is 2.13. The summed E-state index contributed by atoms with van der Waals surface area (Å²) < 4.78 is 5.61. The Hall–Kier alpha value is -1.81. The van der Waals surface area contributed by atoms with E-state index in [2.05, 4.69) is 20.8 Å². The highest BCUT2D eigenvalue weighted by Crippen LogP contribution is 2.25. The largest absolute Gasteiger partial charge is 0.464 e. The van der Waals surface area contributed by atoms with Gasteiger partial charge in [0.1, 0.15) is 17.3 Å². The van der Waals surface area contributed by atoms with Gasteiger partial charge in [-0.3, -0.25) is 0 Å². The first-order chi connectivity index (χ1) is 9.79. The molecule has 2 aromatic heterocycles. The number of anilines is 1. The Kier molecular flexibility index (Phi) is 4.37. The van der Waals surface area contributed by atoms with Gasteiger partial charge in [0.25, 0.3) is 0 Å². The highest BCUT2D eigenvalue weighted by atomic mass is 16.3. The molecule has 0 saturated heterocycles. The maximum absolute atomic E-state index is 9.46. The van der Waals surface area contributed by atoms with Gasteiger partial charge in [0, 0.05) is 18.2 Å². The second-order valence-electron chi connectivity index (χ2n) is 6.50. The van der Waals surface area contributed by atoms with E-state index >= 15 is 0 Å². The third-order valence-electron chi connectivity index (χ3n) is 3.40. The number of aliphatic hydroxyl groups excluding tert-OH is 1. The Morgan fingerprint density at radius 1 is 1.24 bits per heavy atom. The van der Waals surface area contributed by atoms with Crippen molar-refractivity contribution in [2.24, 2.45) is 0 Å². The van der Waals surface area contributed by atoms with Crippen molar-refractivity contribution in [3.8, 4) is 0 Å². The minimum atomic E-state index is -0.0535. The van der Waals surface area contributed by atoms with Crippen LogP contribution in [0.15, 0.2) is 28.7 Å². The molecule has 1 N–H and O–H groups in total. The molecule has 0 spiro atoms. The molecule has 0 amide bonds. The van der Waals surface area contributed by atoms with Crippen molar-refractivity contribution in [2.45, 2.75) is 46.3 Å². The molecule has 0 saturated carbocycles. The van der Waals surface area contributed by atoms with Crippen LogP contribution in [0.3, 0.4) is 0 Å². The Morgan fingerprint density at radius 3 is 2.48 bits per heavy atom. The quantitative estimate of drug-likeness (QED) is 0.936. The molecule has 0 fully saturated rings. The smallest absolute Gasteiger partial charge is 0.129 e. The fraction of sp³-hybridized carbons (Fsp3) is 0.471. The lowest BCUT2D eigenvalue weighted by Crippen LogP contribution is -2.21. The lowest BCUT2D eigenvalue weighted by atomic mass is 9.91. The Bertz CT molecular complexity index is 611. The van der Waals surface area contributed by atoms with Crippen LogP contribution in [0.2, 0.25) is 0 Å². The van der Waals surface area contributed by atoms with Crippen LogP contribution in [0.25, 0.3) is 0 Å². The first kappa shape index (κ1) is 15.6. The summed E-state index contributed by atoms with van der Waals surface area (Å²) in [5.74, 6) is 2.66. The molecule has 4 nitrogen and oxygen atoms in total. The SMILES string of the molecule is Cc1ccc(CN(C)c2cc(CO)cc(C(C)(C)C)n2)o1. The molecule has 2 rings (SSSR count). The zero-order chi connectivity index (χ0) is 15.6. The standard InChI is InChI=1S/C17H24N2O2/c1-12-6-7-14(21-12)10-19(5)16-9-13(11-20)8-15(18-16)17(2,3)4/h6-9,20H,10-11H2,1-5H3. The van der Waals surface area contributed by atoms with Crippen molar-refractivity contribution in [3.63, 3.8) is 0 Å². The molecule has 0 aliphatic heterocycles. The topological polar surface area (TPSA) is 49.5 Å². The summed E-state index contributed by atoms with van der Waals surface area (Å²) in [6.07, 6.45) is 0. The van der Waals surface area contributed by atoms with E-state index in [0.29, 0.717) is 6.54 Å². The van der Waals surface area contributed by atoms with E-state index in [4.69, 9.17) is 9.40 Å². The summed E-state index contributed by atoms with van der Waals surface area (Å²) in [5.41, 5.74) is 1.81. The van der Waals surface area contributed by atoms with E-state index in [0.717, 1.165) is 28.6 Å². The molecule has 0 bridgehead atoms. The molecule has 0 aliphatic rings. The highest BCUT2D eigenvalue weighted by Gasteiger charge is 2.18. The average Bonchev–Trinajstić information content (AvgIpc) is 2.82. The number of nitrogens with zero attached hydrogens (tertiary/aromatic N) is 2. The van der Waals surface area contributed by atoms with E-state index in [1.807, 2.05) is 43.1 Å². The summed E-state index contributed by atoms with van der Waals surface area (Å²) in [4.78, 5) is 6.76. The first-order valence-corrected chi connectivity index (χ1v) is 7.18. The molecule has 0 radical (unpaired) electrons. The second kappa shape index (κ2) is 5.90. The molecule has 21 heavy (non-hydrogen) atoms. The van der Waals surface area contributed by atoms with Crippen LogP contribution in [0.5, 0.6) is 0 Å². The van der Waals surface area contributed by atoms with Gasteiger partial charge in [-0.25, -0.2) is 4.98 Å². The predicted octanol–water partition coefficient (Wildman–Crippen LogP) is 3.41. The number of hydrogen-bond donors (Lipinski definition) is 1. The Morgan fingerprint density at radius 2 is 1.95 bits per heavy atom. The molecular formula is C17H24N2O2. The summed E-state index contributed by atoms with van der Waals surface area (Å²) in [6.45, 7) is 8.97. The zero-order valence-electron chi connectivity index (χ0n) is 13.5. The summed E-state index contributed by atoms with van der Waals surface area (Å²) in [5, 5.41) is 9.46. The molecule has 2 heterocycles. The van der Waals surface area contributed by atoms with Crippen molar-refractivity contribution in [1.82, 2.24) is 4.98 Å². The van der Waals surface area contributed by atoms with E-state index < -0.39 is 0 Å². The Balaban J connectivity index is 2.29. The van der Waals surface area contributed by atoms with Gasteiger partial charge in [0.15, 0.2) is 0 Å². The summed E-state index contributed by atoms with van der Waals surface area (Å²) >= 11 is 0. The van der Waals surface area contributed by atoms with Crippen molar-refractivity contribution in [1.29, 1.82) is 0 Å². The van der Waals surface area contributed by atoms with Gasteiger partial charge in [-0.2, -0.15) is 0 Å². The summed E-state index contributed by atoms with van der Waals surface area (Å²) in [6, 6.07) is 7.83. The van der Waals surface area contributed by atoms with Crippen LogP contribution in [0, 0.1) is 6.92 Å². The second-order valence-corrected chi connectivity index (χ2v) is 6.50. The van der Waals surface area contributed by atoms with E-state index in [1.54, 1.807) is 0 Å². The average molecular weight is 288 g/mol. The van der Waals surface area contributed by atoms with Gasteiger partial charge in [0.2, 0.25) is 0 Å². The molecule has 0 unspecified atom stereocenters. The number of rotatable bonds is 4. The molecule has 4 heteroatoms. The van der Waals surface area contributed by atoms with E-state index in [-0.39, 0.29) is 12.0 Å². The van der Waals surface area contributed by atoms with Gasteiger partial charge in [-0.15, -0.1) is 0 Å². The molecular weight excluding hydrogens is 264 g/mol. The van der Waals surface area contributed by atoms with Gasteiger partial charge in [0.05, 0.1) is 13.2 Å². The highest BCUT2D eigenvalue weighted by molar-refractivity contribution is 5.43. The molecule has 0 aromatic carbocycles. The predicted molar refractivity (Wildman–Crippen MR) is 84.4 cm³/mol. The Labute approximate surface area is 126 Å². The summed E-state index contributed by atoms with van der Waals surface area (Å²) in [7, 11) is 1.98. The maximum Gasteiger partial charge on any atom is 0.129 e. The van der Waals surface area contributed by atoms with E-state index in [9.17, 15) is 5.11 Å². The van der Waals surface area contributed by atoms with Crippen molar-refractivity contribution < 1.29 is 9.52 Å². The van der Waals surface area contributed by atoms with Gasteiger partial charge in [-0.05, 0) is 36.8 Å². The number of aromatic nitrogens is 1. The maximum atomic E-state index is 9.46. The van der Waals surface area contributed by atoms with Crippen LogP contribution in [0.1, 0.15) is 43.5 Å². The molecule has 2 aromatic rings. The van der Waals surface area contributed by atoms with Crippen molar-refractivity contribution >= 4 is 5.82 Å². The number of pyridine rings is 1. The van der Waals surface area contributed by atoms with Gasteiger partial charge in [-0.1, -0.05) is 20.8 Å².